The lowest BCUT2D eigenvalue weighted by molar-refractivity contribution is 0.0934. The predicted molar refractivity (Wildman–Crippen MR) is 107 cm³/mol. The zero-order valence-corrected chi connectivity index (χ0v) is 18.1. The molecule has 156 valence electrons. The summed E-state index contributed by atoms with van der Waals surface area (Å²) in [5.41, 5.74) is 3.07. The summed E-state index contributed by atoms with van der Waals surface area (Å²) in [5.74, 6) is 0.111. The maximum Gasteiger partial charge on any atom is 0.227 e. The van der Waals surface area contributed by atoms with E-state index in [1.807, 2.05) is 43.4 Å². The highest BCUT2D eigenvalue weighted by molar-refractivity contribution is 7.91. The third-order valence-corrected chi connectivity index (χ3v) is 6.88. The monoisotopic (exact) mass is 409 g/mol. The summed E-state index contributed by atoms with van der Waals surface area (Å²) in [6, 6.07) is 0. The summed E-state index contributed by atoms with van der Waals surface area (Å²) in [6.07, 6.45) is 6.32. The zero-order valence-electron chi connectivity index (χ0n) is 17.3. The lowest BCUT2D eigenvalue weighted by atomic mass is 10.2. The second kappa shape index (κ2) is 8.75. The lowest BCUT2D eigenvalue weighted by Crippen LogP contribution is -2.25. The third kappa shape index (κ3) is 4.82. The minimum Gasteiger partial charge on any atom is -0.376 e. The molecule has 1 unspecified atom stereocenters. The predicted octanol–water partition coefficient (Wildman–Crippen LogP) is 1.92. The molecule has 0 spiro atoms. The number of hydrogen-bond donors (Lipinski definition) is 0. The average molecular weight is 410 g/mol. The SMILES string of the molecule is CCCS(=O)(=O)c1ncc(CN(C)Cc2cn(C)nc2C)n1CC1CCCO1. The van der Waals surface area contributed by atoms with Crippen LogP contribution < -0.4 is 0 Å². The molecule has 1 saturated heterocycles. The summed E-state index contributed by atoms with van der Waals surface area (Å²) < 4.78 is 34.9. The van der Waals surface area contributed by atoms with Gasteiger partial charge >= 0.3 is 0 Å². The Bertz CT molecular complexity index is 897. The molecule has 0 aromatic carbocycles. The molecular formula is C19H31N5O3S. The van der Waals surface area contributed by atoms with E-state index in [-0.39, 0.29) is 17.0 Å². The molecule has 1 atom stereocenters. The van der Waals surface area contributed by atoms with Crippen molar-refractivity contribution in [2.24, 2.45) is 7.05 Å². The molecule has 8 nitrogen and oxygen atoms in total. The van der Waals surface area contributed by atoms with Gasteiger partial charge in [-0.15, -0.1) is 0 Å². The number of aryl methyl sites for hydroxylation is 2. The van der Waals surface area contributed by atoms with E-state index in [1.165, 1.54) is 0 Å². The van der Waals surface area contributed by atoms with Gasteiger partial charge in [-0.05, 0) is 33.2 Å². The molecule has 0 amide bonds. The molecule has 28 heavy (non-hydrogen) atoms. The Morgan fingerprint density at radius 2 is 2.14 bits per heavy atom. The minimum atomic E-state index is -3.40. The maximum absolute atomic E-state index is 12.7. The van der Waals surface area contributed by atoms with Crippen LogP contribution in [0.5, 0.6) is 0 Å². The highest BCUT2D eigenvalue weighted by Crippen LogP contribution is 2.21. The normalized spacial score (nSPS) is 17.7. The largest absolute Gasteiger partial charge is 0.376 e. The standard InChI is InChI=1S/C19H31N5O3S/c1-5-9-28(25,26)19-20-10-17(24(19)14-18-7-6-8-27-18)13-22(3)11-16-12-23(4)21-15(16)2/h10,12,18H,5-9,11,13-14H2,1-4H3. The van der Waals surface area contributed by atoms with Crippen LogP contribution in [0.15, 0.2) is 17.6 Å². The highest BCUT2D eigenvalue weighted by Gasteiger charge is 2.26. The fourth-order valence-corrected chi connectivity index (χ4v) is 5.20. The number of rotatable bonds is 9. The van der Waals surface area contributed by atoms with E-state index in [0.717, 1.165) is 42.9 Å². The topological polar surface area (TPSA) is 82.3 Å². The fraction of sp³-hybridized carbons (Fsp3) is 0.684. The number of imidazole rings is 1. The van der Waals surface area contributed by atoms with Crippen molar-refractivity contribution in [3.05, 3.63) is 29.3 Å². The van der Waals surface area contributed by atoms with Gasteiger partial charge in [-0.1, -0.05) is 6.92 Å². The molecule has 3 heterocycles. The lowest BCUT2D eigenvalue weighted by Gasteiger charge is -2.20. The zero-order chi connectivity index (χ0) is 20.3. The van der Waals surface area contributed by atoms with Gasteiger partial charge in [0.15, 0.2) is 0 Å². The number of aromatic nitrogens is 4. The Balaban J connectivity index is 1.82. The van der Waals surface area contributed by atoms with Crippen molar-refractivity contribution in [1.29, 1.82) is 0 Å². The quantitative estimate of drug-likeness (QED) is 0.629. The summed E-state index contributed by atoms with van der Waals surface area (Å²) in [4.78, 5) is 6.46. The van der Waals surface area contributed by atoms with Crippen LogP contribution in [-0.2, 0) is 41.3 Å². The molecule has 0 aliphatic carbocycles. The first-order chi connectivity index (χ1) is 13.3. The Morgan fingerprint density at radius 3 is 2.75 bits per heavy atom. The minimum absolute atomic E-state index is 0.0504. The number of ether oxygens (including phenoxy) is 1. The van der Waals surface area contributed by atoms with Gasteiger partial charge in [0.2, 0.25) is 15.0 Å². The number of nitrogens with zero attached hydrogens (tertiary/aromatic N) is 5. The summed E-state index contributed by atoms with van der Waals surface area (Å²) in [7, 11) is 0.543. The molecule has 0 N–H and O–H groups in total. The molecular weight excluding hydrogens is 378 g/mol. The van der Waals surface area contributed by atoms with Crippen molar-refractivity contribution in [2.75, 3.05) is 19.4 Å². The second-order valence-corrected chi connectivity index (χ2v) is 9.69. The molecule has 3 rings (SSSR count). The van der Waals surface area contributed by atoms with Crippen LogP contribution in [0, 0.1) is 6.92 Å². The first-order valence-corrected chi connectivity index (χ1v) is 11.5. The van der Waals surface area contributed by atoms with Gasteiger partial charge in [0.05, 0.1) is 36.0 Å². The molecule has 0 bridgehead atoms. The maximum atomic E-state index is 12.7. The van der Waals surface area contributed by atoms with E-state index in [1.54, 1.807) is 6.20 Å². The van der Waals surface area contributed by atoms with Crippen LogP contribution in [0.25, 0.3) is 0 Å². The molecule has 2 aromatic rings. The first kappa shape index (κ1) is 21.0. The van der Waals surface area contributed by atoms with E-state index < -0.39 is 9.84 Å². The van der Waals surface area contributed by atoms with Crippen LogP contribution in [0.2, 0.25) is 0 Å². The van der Waals surface area contributed by atoms with Crippen molar-refractivity contribution in [1.82, 2.24) is 24.2 Å². The van der Waals surface area contributed by atoms with E-state index in [2.05, 4.69) is 15.0 Å². The summed E-state index contributed by atoms with van der Waals surface area (Å²) in [5, 5.41) is 4.56. The number of sulfone groups is 1. The van der Waals surface area contributed by atoms with Crippen molar-refractivity contribution in [2.45, 2.75) is 64.0 Å². The molecule has 1 aliphatic heterocycles. The van der Waals surface area contributed by atoms with Crippen molar-refractivity contribution in [3.8, 4) is 0 Å². The van der Waals surface area contributed by atoms with Gasteiger partial charge in [0.25, 0.3) is 0 Å². The Kier molecular flexibility index (Phi) is 6.57. The van der Waals surface area contributed by atoms with Crippen LogP contribution in [0.4, 0.5) is 0 Å². The van der Waals surface area contributed by atoms with Gasteiger partial charge < -0.3 is 9.30 Å². The van der Waals surface area contributed by atoms with E-state index in [0.29, 0.717) is 19.5 Å². The number of hydrogen-bond acceptors (Lipinski definition) is 6. The molecule has 0 saturated carbocycles. The van der Waals surface area contributed by atoms with E-state index in [9.17, 15) is 8.42 Å². The molecule has 2 aromatic heterocycles. The van der Waals surface area contributed by atoms with Crippen molar-refractivity contribution in [3.63, 3.8) is 0 Å². The fourth-order valence-electron chi connectivity index (χ4n) is 3.74. The van der Waals surface area contributed by atoms with Crippen molar-refractivity contribution >= 4 is 9.84 Å². The van der Waals surface area contributed by atoms with E-state index in [4.69, 9.17) is 4.74 Å². The van der Waals surface area contributed by atoms with Gasteiger partial charge in [0.1, 0.15) is 0 Å². The Hall–Kier alpha value is -1.71. The van der Waals surface area contributed by atoms with Crippen LogP contribution in [0.1, 0.15) is 43.1 Å². The summed E-state index contributed by atoms with van der Waals surface area (Å²) >= 11 is 0. The van der Waals surface area contributed by atoms with Crippen LogP contribution in [0.3, 0.4) is 0 Å². The molecule has 0 radical (unpaired) electrons. The first-order valence-electron chi connectivity index (χ1n) is 9.86. The van der Waals surface area contributed by atoms with Gasteiger partial charge in [-0.25, -0.2) is 13.4 Å². The Labute approximate surface area is 167 Å². The van der Waals surface area contributed by atoms with Gasteiger partial charge in [-0.2, -0.15) is 5.10 Å². The van der Waals surface area contributed by atoms with Crippen LogP contribution >= 0.6 is 0 Å². The van der Waals surface area contributed by atoms with Crippen LogP contribution in [-0.4, -0.2) is 58.2 Å². The highest BCUT2D eigenvalue weighted by atomic mass is 32.2. The second-order valence-electron chi connectivity index (χ2n) is 7.68. The van der Waals surface area contributed by atoms with Crippen molar-refractivity contribution < 1.29 is 13.2 Å². The van der Waals surface area contributed by atoms with Gasteiger partial charge in [-0.3, -0.25) is 9.58 Å². The molecule has 9 heteroatoms. The smallest absolute Gasteiger partial charge is 0.227 e. The third-order valence-electron chi connectivity index (χ3n) is 5.05. The average Bonchev–Trinajstić information content (AvgIpc) is 3.31. The summed E-state index contributed by atoms with van der Waals surface area (Å²) in [6.45, 7) is 6.49. The molecule has 1 fully saturated rings. The molecule has 1 aliphatic rings. The van der Waals surface area contributed by atoms with Gasteiger partial charge in [0, 0.05) is 38.5 Å². The van der Waals surface area contributed by atoms with E-state index >= 15 is 0 Å². The Morgan fingerprint density at radius 1 is 1.36 bits per heavy atom.